The fourth-order valence-corrected chi connectivity index (χ4v) is 0.589. The van der Waals surface area contributed by atoms with Gasteiger partial charge in [0.15, 0.2) is 0 Å². The summed E-state index contributed by atoms with van der Waals surface area (Å²) in [6.07, 6.45) is 1.83. The summed E-state index contributed by atoms with van der Waals surface area (Å²) in [5, 5.41) is 0. The second kappa shape index (κ2) is 3.87. The van der Waals surface area contributed by atoms with E-state index in [1.807, 2.05) is 36.4 Å². The smallest absolute Gasteiger partial charge is 0.0263 e. The van der Waals surface area contributed by atoms with E-state index in [1.165, 1.54) is 5.56 Å². The van der Waals surface area contributed by atoms with Crippen LogP contribution in [0.3, 0.4) is 0 Å². The predicted molar refractivity (Wildman–Crippen MR) is 40.1 cm³/mol. The molecule has 0 aromatic heterocycles. The highest BCUT2D eigenvalue weighted by Crippen LogP contribution is 1.97. The molecule has 9 heavy (non-hydrogen) atoms. The Kier molecular flexibility index (Phi) is 3.40. The Morgan fingerprint density at radius 3 is 2.00 bits per heavy atom. The average molecular weight is 107 g/mol. The zero-order chi connectivity index (χ0) is 5.82. The summed E-state index contributed by atoms with van der Waals surface area (Å²) >= 11 is 0. The van der Waals surface area contributed by atoms with Crippen molar-refractivity contribution >= 4 is 6.08 Å². The summed E-state index contributed by atoms with van der Waals surface area (Å²) in [5.74, 6) is 0. The molecule has 0 spiro atoms. The van der Waals surface area contributed by atoms with Gasteiger partial charge in [0.1, 0.15) is 0 Å². The first-order valence-corrected chi connectivity index (χ1v) is 2.61. The van der Waals surface area contributed by atoms with Gasteiger partial charge in [0.25, 0.3) is 0 Å². The van der Waals surface area contributed by atoms with Gasteiger partial charge in [-0.25, -0.2) is 0 Å². The molecule has 1 heteroatoms. The van der Waals surface area contributed by atoms with E-state index in [1.54, 1.807) is 0 Å². The van der Waals surface area contributed by atoms with Crippen LogP contribution in [0.15, 0.2) is 36.9 Å². The molecule has 0 unspecified atom stereocenters. The molecule has 0 heterocycles. The molecule has 2 N–H and O–H groups in total. The summed E-state index contributed by atoms with van der Waals surface area (Å²) in [7, 11) is 0. The van der Waals surface area contributed by atoms with Crippen LogP contribution in [0.1, 0.15) is 5.56 Å². The number of rotatable bonds is 1. The minimum Gasteiger partial charge on any atom is -0.412 e. The molecule has 0 aliphatic carbocycles. The zero-order valence-electron chi connectivity index (χ0n) is 5.17. The summed E-state index contributed by atoms with van der Waals surface area (Å²) in [5.41, 5.74) is 1.17. The predicted octanol–water partition coefficient (Wildman–Crippen LogP) is 1.50. The number of benzene rings is 1. The number of hydrogen-bond donors (Lipinski definition) is 0. The largest absolute Gasteiger partial charge is 0.412 e. The van der Waals surface area contributed by atoms with Crippen molar-refractivity contribution in [2.45, 2.75) is 0 Å². The minimum absolute atomic E-state index is 0. The van der Waals surface area contributed by atoms with Crippen LogP contribution >= 0.6 is 0 Å². The summed E-state index contributed by atoms with van der Waals surface area (Å²) in [4.78, 5) is 0. The van der Waals surface area contributed by atoms with Gasteiger partial charge >= 0.3 is 0 Å². The van der Waals surface area contributed by atoms with E-state index in [-0.39, 0.29) is 5.48 Å². The van der Waals surface area contributed by atoms with E-state index in [4.69, 9.17) is 0 Å². The molecule has 1 aromatic rings. The van der Waals surface area contributed by atoms with Gasteiger partial charge in [-0.05, 0) is 5.56 Å². The third-order valence-corrected chi connectivity index (χ3v) is 1.04. The topological polar surface area (TPSA) is 31.5 Å². The maximum Gasteiger partial charge on any atom is -0.0263 e. The molecule has 0 radical (unpaired) electrons. The Hall–Kier alpha value is -1.08. The first kappa shape index (κ1) is 7.92. The van der Waals surface area contributed by atoms with E-state index in [9.17, 15) is 0 Å². The monoisotopic (exact) mass is 107 g/mol. The van der Waals surface area contributed by atoms with Gasteiger partial charge in [0.05, 0.1) is 0 Å². The molecule has 0 saturated heterocycles. The Balaban J connectivity index is 0.000000640. The van der Waals surface area contributed by atoms with Gasteiger partial charge in [-0.15, -0.1) is 0 Å². The zero-order valence-corrected chi connectivity index (χ0v) is 5.17. The Morgan fingerprint density at radius 1 is 1.11 bits per heavy atom. The Bertz CT molecular complexity index is 167. The van der Waals surface area contributed by atoms with Crippen molar-refractivity contribution in [3.63, 3.8) is 0 Å². The Labute approximate surface area is 55.0 Å². The first-order valence-electron chi connectivity index (χ1n) is 2.61. The third kappa shape index (κ3) is 2.11. The molecule has 0 fully saturated rings. The van der Waals surface area contributed by atoms with Crippen LogP contribution in [0.25, 0.3) is 6.08 Å². The normalized spacial score (nSPS) is 7.56. The van der Waals surface area contributed by atoms with Gasteiger partial charge in [0, 0.05) is 0 Å². The summed E-state index contributed by atoms with van der Waals surface area (Å²) < 4.78 is 0. The first-order chi connectivity index (χ1) is 3.93. The van der Waals surface area contributed by atoms with Crippen molar-refractivity contribution in [3.05, 3.63) is 42.5 Å². The van der Waals surface area contributed by atoms with Crippen LogP contribution in [-0.4, -0.2) is 5.48 Å². The lowest BCUT2D eigenvalue weighted by Gasteiger charge is -1.85. The molecule has 0 amide bonds. The summed E-state index contributed by atoms with van der Waals surface area (Å²) in [6.45, 7) is 3.63. The average Bonchev–Trinajstić information content (AvgIpc) is 1.90. The minimum atomic E-state index is 0. The highest BCUT2D eigenvalue weighted by atomic mass is 13.8. The molecule has 0 aliphatic heterocycles. The molecule has 0 saturated carbocycles. The molecule has 1 nitrogen and oxygen atoms in total. The van der Waals surface area contributed by atoms with Gasteiger partial charge in [-0.1, -0.05) is 43.0 Å². The molecule has 0 atom stereocenters. The van der Waals surface area contributed by atoms with Crippen molar-refractivity contribution in [2.75, 3.05) is 0 Å². The SMILES string of the molecule is C=Cc1ccccc1.[1OH2]. The molecular weight excluding hydrogens is 97.1 g/mol. The van der Waals surface area contributed by atoms with Crippen LogP contribution in [0.2, 0.25) is 0 Å². The van der Waals surface area contributed by atoms with E-state index < -0.39 is 0 Å². The van der Waals surface area contributed by atoms with Crippen LogP contribution in [-0.2, 0) is 0 Å². The molecule has 1 aromatic carbocycles. The van der Waals surface area contributed by atoms with Crippen LogP contribution in [0.4, 0.5) is 0 Å². The van der Waals surface area contributed by atoms with Gasteiger partial charge < -0.3 is 5.48 Å². The standard InChI is InChI=1S/C8H8.H2O/c1-2-8-6-4-3-5-7-8;/h2-7H,1H2;1H2/i;1-15. The third-order valence-electron chi connectivity index (χ3n) is 1.04. The van der Waals surface area contributed by atoms with Crippen LogP contribution in [0.5, 0.6) is 0 Å². The lowest BCUT2D eigenvalue weighted by atomic mass is 1.000. The van der Waals surface area contributed by atoms with Crippen LogP contribution < -0.4 is 0 Å². The summed E-state index contributed by atoms with van der Waals surface area (Å²) in [6, 6.07) is 10.0. The Morgan fingerprint density at radius 2 is 1.67 bits per heavy atom. The number of hydrogen-bond acceptors (Lipinski definition) is 0. The van der Waals surface area contributed by atoms with Crippen molar-refractivity contribution in [3.8, 4) is 0 Å². The van der Waals surface area contributed by atoms with E-state index in [0.29, 0.717) is 0 Å². The lowest BCUT2D eigenvalue weighted by Crippen LogP contribution is -1.63. The molecule has 48 valence electrons. The van der Waals surface area contributed by atoms with Gasteiger partial charge in [-0.2, -0.15) is 0 Å². The quantitative estimate of drug-likeness (QED) is 0.521. The second-order valence-corrected chi connectivity index (χ2v) is 1.61. The van der Waals surface area contributed by atoms with Crippen molar-refractivity contribution in [1.82, 2.24) is 0 Å². The van der Waals surface area contributed by atoms with E-state index in [0.717, 1.165) is 0 Å². The fourth-order valence-electron chi connectivity index (χ4n) is 0.589. The molecule has 0 bridgehead atoms. The maximum absolute atomic E-state index is 3.63. The highest BCUT2D eigenvalue weighted by molar-refractivity contribution is 5.45. The molecule has 0 aliphatic rings. The van der Waals surface area contributed by atoms with Gasteiger partial charge in [-0.3, -0.25) is 0 Å². The highest BCUT2D eigenvalue weighted by Gasteiger charge is 1.75. The molecule has 1 rings (SSSR count). The van der Waals surface area contributed by atoms with Crippen molar-refractivity contribution in [1.29, 1.82) is 0 Å². The maximum atomic E-state index is 3.63. The van der Waals surface area contributed by atoms with E-state index in [2.05, 4.69) is 6.58 Å². The molecular formula is C8H10O. The van der Waals surface area contributed by atoms with Gasteiger partial charge in [0.2, 0.25) is 0 Å². The van der Waals surface area contributed by atoms with Crippen LogP contribution in [0, 0.1) is 0 Å². The van der Waals surface area contributed by atoms with Crippen molar-refractivity contribution < 1.29 is 5.48 Å². The van der Waals surface area contributed by atoms with Crippen molar-refractivity contribution in [2.24, 2.45) is 0 Å². The fraction of sp³-hybridized carbons (Fsp3) is 0. The van der Waals surface area contributed by atoms with E-state index >= 15 is 0 Å². The second-order valence-electron chi connectivity index (χ2n) is 1.61. The lowest BCUT2D eigenvalue weighted by molar-refractivity contribution is 0.824.